The first-order chi connectivity index (χ1) is 14.6. The lowest BCUT2D eigenvalue weighted by Gasteiger charge is -2.10. The summed E-state index contributed by atoms with van der Waals surface area (Å²) in [6.45, 7) is 2.37. The van der Waals surface area contributed by atoms with Gasteiger partial charge in [0.05, 0.1) is 14.2 Å². The maximum atomic E-state index is 12.6. The molecule has 6 heteroatoms. The van der Waals surface area contributed by atoms with Crippen LogP contribution < -0.4 is 14.8 Å². The van der Waals surface area contributed by atoms with E-state index in [9.17, 15) is 10.1 Å². The molecule has 6 nitrogen and oxygen atoms in total. The lowest BCUT2D eigenvalue weighted by atomic mass is 10.1. The van der Waals surface area contributed by atoms with Crippen molar-refractivity contribution < 1.29 is 18.7 Å². The zero-order valence-corrected chi connectivity index (χ0v) is 17.3. The van der Waals surface area contributed by atoms with Gasteiger partial charge in [0.25, 0.3) is 5.91 Å². The second-order valence-corrected chi connectivity index (χ2v) is 6.65. The molecule has 1 aromatic heterocycles. The summed E-state index contributed by atoms with van der Waals surface area (Å²) in [6.07, 6.45) is 2.87. The number of hydrogen-bond acceptors (Lipinski definition) is 5. The summed E-state index contributed by atoms with van der Waals surface area (Å²) >= 11 is 0. The van der Waals surface area contributed by atoms with Gasteiger partial charge in [0, 0.05) is 23.9 Å². The number of rotatable bonds is 8. The quantitative estimate of drug-likeness (QED) is 0.447. The third-order valence-electron chi connectivity index (χ3n) is 4.83. The molecule has 0 aliphatic rings. The fraction of sp³-hybridized carbons (Fsp3) is 0.250. The molecule has 30 heavy (non-hydrogen) atoms. The van der Waals surface area contributed by atoms with Crippen LogP contribution >= 0.6 is 0 Å². The van der Waals surface area contributed by atoms with Crippen molar-refractivity contribution in [1.82, 2.24) is 5.32 Å². The van der Waals surface area contributed by atoms with E-state index in [1.54, 1.807) is 20.3 Å². The van der Waals surface area contributed by atoms with Gasteiger partial charge in [-0.1, -0.05) is 31.2 Å². The highest BCUT2D eigenvalue weighted by molar-refractivity contribution is 6.04. The molecular formula is C24H24N2O4. The van der Waals surface area contributed by atoms with Gasteiger partial charge in [0.2, 0.25) is 0 Å². The first kappa shape index (κ1) is 21.0. The number of nitrogens with zero attached hydrogens (tertiary/aromatic N) is 1. The van der Waals surface area contributed by atoms with Crippen LogP contribution in [0.3, 0.4) is 0 Å². The van der Waals surface area contributed by atoms with Crippen molar-refractivity contribution in [2.24, 2.45) is 0 Å². The van der Waals surface area contributed by atoms with Crippen LogP contribution in [0.4, 0.5) is 0 Å². The molecule has 3 aromatic rings. The number of para-hydroxylation sites is 1. The van der Waals surface area contributed by atoms with E-state index in [-0.39, 0.29) is 5.57 Å². The largest absolute Gasteiger partial charge is 0.493 e. The van der Waals surface area contributed by atoms with Crippen molar-refractivity contribution in [3.05, 3.63) is 64.9 Å². The highest BCUT2D eigenvalue weighted by Crippen LogP contribution is 2.29. The third kappa shape index (κ3) is 4.47. The monoisotopic (exact) mass is 404 g/mol. The Balaban J connectivity index is 1.73. The van der Waals surface area contributed by atoms with Crippen molar-refractivity contribution in [3.63, 3.8) is 0 Å². The van der Waals surface area contributed by atoms with E-state index in [4.69, 9.17) is 13.9 Å². The Morgan fingerprint density at radius 1 is 1.17 bits per heavy atom. The SMILES string of the molecule is CCc1oc2ccccc2c1/C=C(\C#N)C(=O)NCCc1ccc(OC)c(OC)c1. The van der Waals surface area contributed by atoms with Crippen LogP contribution in [0.2, 0.25) is 0 Å². The van der Waals surface area contributed by atoms with Crippen LogP contribution in [-0.4, -0.2) is 26.7 Å². The number of amides is 1. The van der Waals surface area contributed by atoms with E-state index in [1.165, 1.54) is 0 Å². The topological polar surface area (TPSA) is 84.5 Å². The molecule has 154 valence electrons. The molecule has 0 fully saturated rings. The summed E-state index contributed by atoms with van der Waals surface area (Å²) in [5.74, 6) is 1.63. The molecule has 2 aromatic carbocycles. The molecule has 1 N–H and O–H groups in total. The summed E-state index contributed by atoms with van der Waals surface area (Å²) in [7, 11) is 3.16. The predicted molar refractivity (Wildman–Crippen MR) is 115 cm³/mol. The van der Waals surface area contributed by atoms with E-state index >= 15 is 0 Å². The van der Waals surface area contributed by atoms with Crippen molar-refractivity contribution in [1.29, 1.82) is 5.26 Å². The number of hydrogen-bond donors (Lipinski definition) is 1. The van der Waals surface area contributed by atoms with Gasteiger partial charge in [-0.3, -0.25) is 4.79 Å². The summed E-state index contributed by atoms with van der Waals surface area (Å²) in [5.41, 5.74) is 2.56. The predicted octanol–water partition coefficient (Wildman–Crippen LogP) is 4.28. The number of methoxy groups -OCH3 is 2. The second kappa shape index (κ2) is 9.66. The molecule has 0 radical (unpaired) electrons. The van der Waals surface area contributed by atoms with Crippen molar-refractivity contribution in [2.75, 3.05) is 20.8 Å². The van der Waals surface area contributed by atoms with Gasteiger partial charge < -0.3 is 19.2 Å². The number of ether oxygens (including phenoxy) is 2. The summed E-state index contributed by atoms with van der Waals surface area (Å²) in [6, 6.07) is 15.2. The van der Waals surface area contributed by atoms with Gasteiger partial charge in [-0.25, -0.2) is 0 Å². The van der Waals surface area contributed by atoms with Gasteiger partial charge in [-0.2, -0.15) is 5.26 Å². The molecule has 3 rings (SSSR count). The molecular weight excluding hydrogens is 380 g/mol. The van der Waals surface area contributed by atoms with E-state index in [2.05, 4.69) is 5.32 Å². The molecule has 0 aliphatic carbocycles. The fourth-order valence-electron chi connectivity index (χ4n) is 3.28. The molecule has 0 atom stereocenters. The summed E-state index contributed by atoms with van der Waals surface area (Å²) in [5, 5.41) is 13.2. The second-order valence-electron chi connectivity index (χ2n) is 6.65. The standard InChI is InChI=1S/C24H24N2O4/c1-4-20-19(18-7-5-6-8-21(18)30-20)14-17(15-25)24(27)26-12-11-16-9-10-22(28-2)23(13-16)29-3/h5-10,13-14H,4,11-12H2,1-3H3,(H,26,27)/b17-14+. The van der Waals surface area contributed by atoms with Crippen LogP contribution in [0.15, 0.2) is 52.5 Å². The Bertz CT molecular complexity index is 1120. The van der Waals surface area contributed by atoms with Crippen LogP contribution in [0.1, 0.15) is 23.8 Å². The minimum absolute atomic E-state index is 0.0450. The van der Waals surface area contributed by atoms with Crippen LogP contribution in [0, 0.1) is 11.3 Å². The van der Waals surface area contributed by atoms with Crippen LogP contribution in [-0.2, 0) is 17.6 Å². The number of nitrogens with one attached hydrogen (secondary N) is 1. The summed E-state index contributed by atoms with van der Waals surface area (Å²) in [4.78, 5) is 12.6. The lowest BCUT2D eigenvalue weighted by molar-refractivity contribution is -0.117. The van der Waals surface area contributed by atoms with Crippen molar-refractivity contribution in [3.8, 4) is 17.6 Å². The number of carbonyl (C=O) groups excluding carboxylic acids is 1. The maximum absolute atomic E-state index is 12.6. The van der Waals surface area contributed by atoms with Gasteiger partial charge in [-0.05, 0) is 36.3 Å². The average Bonchev–Trinajstić information content (AvgIpc) is 3.14. The zero-order chi connectivity index (χ0) is 21.5. The first-order valence-corrected chi connectivity index (χ1v) is 9.72. The van der Waals surface area contributed by atoms with E-state index in [1.807, 2.05) is 55.5 Å². The highest BCUT2D eigenvalue weighted by Gasteiger charge is 2.15. The van der Waals surface area contributed by atoms with Gasteiger partial charge in [0.15, 0.2) is 11.5 Å². The van der Waals surface area contributed by atoms with Crippen LogP contribution in [0.5, 0.6) is 11.5 Å². The Hall–Kier alpha value is -3.72. The summed E-state index contributed by atoms with van der Waals surface area (Å²) < 4.78 is 16.4. The van der Waals surface area contributed by atoms with E-state index in [0.29, 0.717) is 30.9 Å². The third-order valence-corrected chi connectivity index (χ3v) is 4.83. The Morgan fingerprint density at radius 2 is 1.93 bits per heavy atom. The molecule has 0 aliphatic heterocycles. The highest BCUT2D eigenvalue weighted by atomic mass is 16.5. The number of fused-ring (bicyclic) bond motifs is 1. The Kier molecular flexibility index (Phi) is 6.76. The molecule has 0 bridgehead atoms. The van der Waals surface area contributed by atoms with Gasteiger partial charge >= 0.3 is 0 Å². The van der Waals surface area contributed by atoms with Crippen molar-refractivity contribution >= 4 is 23.0 Å². The number of nitriles is 1. The molecule has 0 saturated heterocycles. The first-order valence-electron chi connectivity index (χ1n) is 9.72. The van der Waals surface area contributed by atoms with Gasteiger partial charge in [-0.15, -0.1) is 0 Å². The number of carbonyl (C=O) groups is 1. The lowest BCUT2D eigenvalue weighted by Crippen LogP contribution is -2.26. The zero-order valence-electron chi connectivity index (χ0n) is 17.3. The molecule has 0 spiro atoms. The minimum atomic E-state index is -0.412. The minimum Gasteiger partial charge on any atom is -0.493 e. The Morgan fingerprint density at radius 3 is 2.63 bits per heavy atom. The van der Waals surface area contributed by atoms with Crippen LogP contribution in [0.25, 0.3) is 17.0 Å². The number of aryl methyl sites for hydroxylation is 1. The molecule has 1 amide bonds. The number of furan rings is 1. The van der Waals surface area contributed by atoms with Crippen molar-refractivity contribution in [2.45, 2.75) is 19.8 Å². The average molecular weight is 404 g/mol. The van der Waals surface area contributed by atoms with Gasteiger partial charge in [0.1, 0.15) is 23.0 Å². The van der Waals surface area contributed by atoms with E-state index in [0.717, 1.165) is 27.9 Å². The molecule has 0 unspecified atom stereocenters. The fourth-order valence-corrected chi connectivity index (χ4v) is 3.28. The smallest absolute Gasteiger partial charge is 0.261 e. The number of benzene rings is 2. The molecule has 0 saturated carbocycles. The maximum Gasteiger partial charge on any atom is 0.261 e. The Labute approximate surface area is 175 Å². The van der Waals surface area contributed by atoms with E-state index < -0.39 is 5.91 Å². The molecule has 1 heterocycles. The normalized spacial score (nSPS) is 11.2.